The molecule has 0 spiro atoms. The van der Waals surface area contributed by atoms with Crippen molar-refractivity contribution in [2.45, 2.75) is 32.9 Å². The van der Waals surface area contributed by atoms with Crippen LogP contribution >= 0.6 is 11.6 Å². The predicted octanol–water partition coefficient (Wildman–Crippen LogP) is 4.63. The molecule has 0 bridgehead atoms. The molecule has 0 saturated carbocycles. The van der Waals surface area contributed by atoms with Crippen molar-refractivity contribution in [3.05, 3.63) is 110 Å². The fraction of sp³-hybridized carbons (Fsp3) is 0.192. The summed E-state index contributed by atoms with van der Waals surface area (Å²) in [7, 11) is 0. The topological polar surface area (TPSA) is 73.1 Å². The fourth-order valence-corrected chi connectivity index (χ4v) is 4.01. The van der Waals surface area contributed by atoms with Crippen molar-refractivity contribution in [1.29, 1.82) is 0 Å². The Bertz CT molecular complexity index is 1450. The molecule has 0 unspecified atom stereocenters. The third-order valence-electron chi connectivity index (χ3n) is 5.50. The molecule has 6 nitrogen and oxygen atoms in total. The van der Waals surface area contributed by atoms with E-state index < -0.39 is 11.2 Å². The molecule has 0 saturated heterocycles. The Hall–Kier alpha value is -3.64. The standard InChI is InChI=1S/C26H24ClN3O3/c1-17(2)19-8-6-10-21(14-19)28-24(31)16-29-23-12-4-3-11-22(23)25(32)30(26(29)33)15-18-7-5-9-20(27)13-18/h3-14,17H,15-16H2,1-2H3,(H,28,31). The van der Waals surface area contributed by atoms with E-state index in [0.717, 1.165) is 15.7 Å². The lowest BCUT2D eigenvalue weighted by Crippen LogP contribution is -2.42. The van der Waals surface area contributed by atoms with Crippen LogP contribution in [0.1, 0.15) is 30.9 Å². The van der Waals surface area contributed by atoms with Crippen molar-refractivity contribution >= 4 is 34.1 Å². The number of benzene rings is 3. The molecule has 4 aromatic rings. The first-order chi connectivity index (χ1) is 15.8. The molecular formula is C26H24ClN3O3. The molecule has 3 aromatic carbocycles. The van der Waals surface area contributed by atoms with Gasteiger partial charge in [-0.3, -0.25) is 18.7 Å². The SMILES string of the molecule is CC(C)c1cccc(NC(=O)Cn2c(=O)n(Cc3cccc(Cl)c3)c(=O)c3ccccc32)c1. The summed E-state index contributed by atoms with van der Waals surface area (Å²) in [6.45, 7) is 3.99. The van der Waals surface area contributed by atoms with E-state index in [4.69, 9.17) is 11.6 Å². The van der Waals surface area contributed by atoms with E-state index in [1.807, 2.05) is 24.3 Å². The van der Waals surface area contributed by atoms with Gasteiger partial charge in [-0.15, -0.1) is 0 Å². The van der Waals surface area contributed by atoms with E-state index in [9.17, 15) is 14.4 Å². The number of anilines is 1. The summed E-state index contributed by atoms with van der Waals surface area (Å²) in [5.74, 6) is -0.0282. The maximum absolute atomic E-state index is 13.3. The maximum atomic E-state index is 13.3. The van der Waals surface area contributed by atoms with E-state index in [0.29, 0.717) is 27.5 Å². The molecule has 1 aromatic heterocycles. The first kappa shape index (κ1) is 22.6. The first-order valence-corrected chi connectivity index (χ1v) is 11.1. The van der Waals surface area contributed by atoms with Gasteiger partial charge in [-0.25, -0.2) is 4.79 Å². The number of nitrogens with one attached hydrogen (secondary N) is 1. The van der Waals surface area contributed by atoms with Crippen LogP contribution in [-0.4, -0.2) is 15.0 Å². The monoisotopic (exact) mass is 461 g/mol. The van der Waals surface area contributed by atoms with Crippen LogP contribution in [-0.2, 0) is 17.9 Å². The third-order valence-corrected chi connectivity index (χ3v) is 5.74. The Kier molecular flexibility index (Phi) is 6.47. The second kappa shape index (κ2) is 9.46. The van der Waals surface area contributed by atoms with Gasteiger partial charge in [0.1, 0.15) is 6.54 Å². The van der Waals surface area contributed by atoms with Gasteiger partial charge >= 0.3 is 5.69 Å². The van der Waals surface area contributed by atoms with E-state index in [-0.39, 0.29) is 19.0 Å². The minimum atomic E-state index is -0.551. The number of fused-ring (bicyclic) bond motifs is 1. The number of nitrogens with zero attached hydrogens (tertiary/aromatic N) is 2. The quantitative estimate of drug-likeness (QED) is 0.455. The van der Waals surface area contributed by atoms with E-state index in [1.165, 1.54) is 4.57 Å². The van der Waals surface area contributed by atoms with Gasteiger partial charge in [0.2, 0.25) is 5.91 Å². The van der Waals surface area contributed by atoms with Gasteiger partial charge in [-0.05, 0) is 53.4 Å². The van der Waals surface area contributed by atoms with Crippen LogP contribution < -0.4 is 16.6 Å². The number of halogens is 1. The number of hydrogen-bond donors (Lipinski definition) is 1. The second-order valence-corrected chi connectivity index (χ2v) is 8.67. The zero-order chi connectivity index (χ0) is 23.5. The molecule has 0 radical (unpaired) electrons. The number of amides is 1. The van der Waals surface area contributed by atoms with Crippen LogP contribution in [0.15, 0.2) is 82.4 Å². The van der Waals surface area contributed by atoms with Gasteiger partial charge in [0.25, 0.3) is 5.56 Å². The van der Waals surface area contributed by atoms with Crippen LogP contribution in [0.5, 0.6) is 0 Å². The average Bonchev–Trinajstić information content (AvgIpc) is 2.79. The van der Waals surface area contributed by atoms with Crippen molar-refractivity contribution in [2.24, 2.45) is 0 Å². The molecule has 0 aliphatic carbocycles. The highest BCUT2D eigenvalue weighted by atomic mass is 35.5. The molecule has 0 aliphatic rings. The van der Waals surface area contributed by atoms with Crippen LogP contribution in [0, 0.1) is 0 Å². The summed E-state index contributed by atoms with van der Waals surface area (Å²) in [5, 5.41) is 3.75. The van der Waals surface area contributed by atoms with E-state index in [2.05, 4.69) is 19.2 Å². The van der Waals surface area contributed by atoms with Gasteiger partial charge in [0.05, 0.1) is 17.4 Å². The largest absolute Gasteiger partial charge is 0.332 e. The Labute approximate surface area is 196 Å². The van der Waals surface area contributed by atoms with Crippen molar-refractivity contribution in [3.63, 3.8) is 0 Å². The van der Waals surface area contributed by atoms with Crippen LogP contribution in [0.25, 0.3) is 10.9 Å². The smallest absolute Gasteiger partial charge is 0.325 e. The van der Waals surface area contributed by atoms with Gasteiger partial charge in [0, 0.05) is 10.7 Å². The summed E-state index contributed by atoms with van der Waals surface area (Å²) in [6, 6.07) is 21.4. The van der Waals surface area contributed by atoms with Crippen molar-refractivity contribution in [3.8, 4) is 0 Å². The molecule has 168 valence electrons. The minimum absolute atomic E-state index is 0.0567. The number of hydrogen-bond acceptors (Lipinski definition) is 3. The van der Waals surface area contributed by atoms with Crippen molar-refractivity contribution in [2.75, 3.05) is 5.32 Å². The number of para-hydroxylation sites is 1. The van der Waals surface area contributed by atoms with Gasteiger partial charge in [-0.1, -0.05) is 61.8 Å². The van der Waals surface area contributed by atoms with Crippen molar-refractivity contribution < 1.29 is 4.79 Å². The Morgan fingerprint density at radius 1 is 0.939 bits per heavy atom. The minimum Gasteiger partial charge on any atom is -0.325 e. The summed E-state index contributed by atoms with van der Waals surface area (Å²) in [4.78, 5) is 39.3. The van der Waals surface area contributed by atoms with Crippen molar-refractivity contribution in [1.82, 2.24) is 9.13 Å². The third kappa shape index (κ3) is 4.91. The summed E-state index contributed by atoms with van der Waals surface area (Å²) in [6.07, 6.45) is 0. The van der Waals surface area contributed by atoms with Crippen LogP contribution in [0.4, 0.5) is 5.69 Å². The summed E-state index contributed by atoms with van der Waals surface area (Å²) < 4.78 is 2.48. The molecular weight excluding hydrogens is 438 g/mol. The lowest BCUT2D eigenvalue weighted by molar-refractivity contribution is -0.116. The summed E-state index contributed by atoms with van der Waals surface area (Å²) in [5.41, 5.74) is 1.95. The normalized spacial score (nSPS) is 11.2. The zero-order valence-corrected chi connectivity index (χ0v) is 19.2. The lowest BCUT2D eigenvalue weighted by atomic mass is 10.0. The highest BCUT2D eigenvalue weighted by molar-refractivity contribution is 6.30. The molecule has 0 aliphatic heterocycles. The number of carbonyl (C=O) groups is 1. The molecule has 7 heteroatoms. The van der Waals surface area contributed by atoms with E-state index >= 15 is 0 Å². The molecule has 0 fully saturated rings. The molecule has 1 amide bonds. The van der Waals surface area contributed by atoms with Crippen LogP contribution in [0.3, 0.4) is 0 Å². The van der Waals surface area contributed by atoms with E-state index in [1.54, 1.807) is 48.5 Å². The molecule has 4 rings (SSSR count). The Balaban J connectivity index is 1.72. The highest BCUT2D eigenvalue weighted by Crippen LogP contribution is 2.19. The molecule has 1 N–H and O–H groups in total. The Morgan fingerprint density at radius 3 is 2.45 bits per heavy atom. The van der Waals surface area contributed by atoms with Gasteiger partial charge < -0.3 is 5.32 Å². The van der Waals surface area contributed by atoms with Gasteiger partial charge in [-0.2, -0.15) is 0 Å². The molecule has 1 heterocycles. The highest BCUT2D eigenvalue weighted by Gasteiger charge is 2.16. The predicted molar refractivity (Wildman–Crippen MR) is 132 cm³/mol. The number of carbonyl (C=O) groups excluding carboxylic acids is 1. The first-order valence-electron chi connectivity index (χ1n) is 10.7. The van der Waals surface area contributed by atoms with Gasteiger partial charge in [0.15, 0.2) is 0 Å². The lowest BCUT2D eigenvalue weighted by Gasteiger charge is -2.15. The fourth-order valence-electron chi connectivity index (χ4n) is 3.80. The van der Waals surface area contributed by atoms with Crippen LogP contribution in [0.2, 0.25) is 5.02 Å². The molecule has 33 heavy (non-hydrogen) atoms. The Morgan fingerprint density at radius 2 is 1.70 bits per heavy atom. The summed E-state index contributed by atoms with van der Waals surface area (Å²) >= 11 is 6.07. The number of rotatable bonds is 6. The average molecular weight is 462 g/mol. The zero-order valence-electron chi connectivity index (χ0n) is 18.4. The maximum Gasteiger partial charge on any atom is 0.332 e. The second-order valence-electron chi connectivity index (χ2n) is 8.24. The number of aromatic nitrogens is 2. The molecule has 0 atom stereocenters.